The zero-order valence-electron chi connectivity index (χ0n) is 15.0. The van der Waals surface area contributed by atoms with Gasteiger partial charge in [0.15, 0.2) is 10.7 Å². The number of aromatic nitrogens is 2. The highest BCUT2D eigenvalue weighted by molar-refractivity contribution is 7.15. The zero-order chi connectivity index (χ0) is 21.6. The van der Waals surface area contributed by atoms with E-state index < -0.39 is 41.1 Å². The Morgan fingerprint density at radius 1 is 1.27 bits per heavy atom. The van der Waals surface area contributed by atoms with E-state index in [1.807, 2.05) is 0 Å². The van der Waals surface area contributed by atoms with Crippen LogP contribution in [0.25, 0.3) is 0 Å². The molecule has 1 N–H and O–H groups in total. The van der Waals surface area contributed by atoms with E-state index in [1.165, 1.54) is 16.8 Å². The highest BCUT2D eigenvalue weighted by Gasteiger charge is 2.48. The van der Waals surface area contributed by atoms with E-state index in [4.69, 9.17) is 11.6 Å². The molecule has 4 rings (SSSR count). The SMILES string of the molecule is O=C1c2cccc[n+]2C(Cc2cnc(Cl)s2)N(O)C1c1cc(C(F)(F)F)ccc1F. The summed E-state index contributed by atoms with van der Waals surface area (Å²) in [6.07, 6.45) is -2.42. The molecular formula is C19H13ClF4N3O2S+. The van der Waals surface area contributed by atoms with Crippen LogP contribution in [0.3, 0.4) is 0 Å². The maximum absolute atomic E-state index is 14.5. The fourth-order valence-corrected chi connectivity index (χ4v) is 4.45. The fourth-order valence-electron chi connectivity index (χ4n) is 3.45. The highest BCUT2D eigenvalue weighted by Crippen LogP contribution is 2.37. The van der Waals surface area contributed by atoms with Gasteiger partial charge in [-0.15, -0.1) is 16.4 Å². The normalized spacial score (nSPS) is 19.7. The Kier molecular flexibility index (Phi) is 5.35. The van der Waals surface area contributed by atoms with Crippen molar-refractivity contribution in [2.75, 3.05) is 0 Å². The predicted molar refractivity (Wildman–Crippen MR) is 98.6 cm³/mol. The standard InChI is InChI=1S/C19H13ClF4N3O2S/c20-18-25-9-11(30-18)8-15-26-6-2-1-3-14(26)17(28)16(27(15)29)12-7-10(19(22,23)24)4-5-13(12)21/h1-7,9,15-16,29H,8H2/q+1. The molecule has 11 heteroatoms. The maximum atomic E-state index is 14.5. The van der Waals surface area contributed by atoms with E-state index in [2.05, 4.69) is 4.98 Å². The maximum Gasteiger partial charge on any atom is 0.416 e. The number of hydrogen-bond acceptors (Lipinski definition) is 5. The van der Waals surface area contributed by atoms with Gasteiger partial charge in [-0.3, -0.25) is 4.79 Å². The van der Waals surface area contributed by atoms with Crippen molar-refractivity contribution >= 4 is 28.7 Å². The number of hydrogen-bond donors (Lipinski definition) is 1. The molecule has 2 aromatic heterocycles. The molecule has 0 bridgehead atoms. The number of carbonyl (C=O) groups excluding carboxylic acids is 1. The Balaban J connectivity index is 1.83. The number of thiazole rings is 1. The fraction of sp³-hybridized carbons (Fsp3) is 0.211. The lowest BCUT2D eigenvalue weighted by Gasteiger charge is -2.33. The molecule has 1 aromatic carbocycles. The molecule has 156 valence electrons. The first-order valence-corrected chi connectivity index (χ1v) is 9.84. The summed E-state index contributed by atoms with van der Waals surface area (Å²) in [7, 11) is 0. The van der Waals surface area contributed by atoms with Crippen molar-refractivity contribution in [3.63, 3.8) is 0 Å². The third-order valence-corrected chi connectivity index (χ3v) is 5.95. The van der Waals surface area contributed by atoms with Crippen LogP contribution in [-0.2, 0) is 12.6 Å². The van der Waals surface area contributed by atoms with Crippen LogP contribution in [0.1, 0.15) is 38.7 Å². The van der Waals surface area contributed by atoms with E-state index in [0.717, 1.165) is 11.3 Å². The van der Waals surface area contributed by atoms with Gasteiger partial charge < -0.3 is 5.21 Å². The summed E-state index contributed by atoms with van der Waals surface area (Å²) in [5, 5.41) is 11.5. The van der Waals surface area contributed by atoms with Crippen molar-refractivity contribution in [1.82, 2.24) is 10.0 Å². The van der Waals surface area contributed by atoms with Gasteiger partial charge in [0.25, 0.3) is 11.5 Å². The molecule has 2 unspecified atom stereocenters. The lowest BCUT2D eigenvalue weighted by atomic mass is 9.94. The van der Waals surface area contributed by atoms with Crippen LogP contribution in [0.15, 0.2) is 48.8 Å². The Morgan fingerprint density at radius 3 is 2.70 bits per heavy atom. The van der Waals surface area contributed by atoms with Crippen molar-refractivity contribution in [2.24, 2.45) is 0 Å². The molecule has 1 aliphatic heterocycles. The van der Waals surface area contributed by atoms with Gasteiger partial charge in [0.2, 0.25) is 6.17 Å². The second-order valence-electron chi connectivity index (χ2n) is 6.64. The number of pyridine rings is 1. The number of ketones is 1. The van der Waals surface area contributed by atoms with Crippen molar-refractivity contribution < 1.29 is 32.1 Å². The van der Waals surface area contributed by atoms with Gasteiger partial charge in [-0.25, -0.2) is 9.37 Å². The van der Waals surface area contributed by atoms with Crippen molar-refractivity contribution in [1.29, 1.82) is 0 Å². The van der Waals surface area contributed by atoms with Crippen molar-refractivity contribution in [3.8, 4) is 0 Å². The van der Waals surface area contributed by atoms with Gasteiger partial charge in [-0.05, 0) is 24.3 Å². The summed E-state index contributed by atoms with van der Waals surface area (Å²) in [6.45, 7) is 0. The first-order valence-electron chi connectivity index (χ1n) is 8.65. The van der Waals surface area contributed by atoms with E-state index in [-0.39, 0.29) is 16.6 Å². The minimum absolute atomic E-state index is 0.130. The first-order chi connectivity index (χ1) is 14.2. The summed E-state index contributed by atoms with van der Waals surface area (Å²) in [4.78, 5) is 17.6. The summed E-state index contributed by atoms with van der Waals surface area (Å²) in [5.74, 6) is -1.75. The third kappa shape index (κ3) is 3.71. The second-order valence-corrected chi connectivity index (χ2v) is 8.34. The van der Waals surface area contributed by atoms with Gasteiger partial charge in [-0.2, -0.15) is 17.7 Å². The van der Waals surface area contributed by atoms with Crippen LogP contribution < -0.4 is 4.57 Å². The van der Waals surface area contributed by atoms with E-state index in [0.29, 0.717) is 28.1 Å². The summed E-state index contributed by atoms with van der Waals surface area (Å²) >= 11 is 7.02. The van der Waals surface area contributed by atoms with Crippen LogP contribution in [0.2, 0.25) is 4.47 Å². The van der Waals surface area contributed by atoms with Crippen molar-refractivity contribution in [2.45, 2.75) is 24.8 Å². The van der Waals surface area contributed by atoms with Gasteiger partial charge in [0.05, 0.1) is 12.0 Å². The van der Waals surface area contributed by atoms with Gasteiger partial charge in [0, 0.05) is 28.8 Å². The molecule has 0 saturated carbocycles. The number of halogens is 5. The van der Waals surface area contributed by atoms with Crippen LogP contribution in [0.4, 0.5) is 17.6 Å². The largest absolute Gasteiger partial charge is 0.416 e. The minimum Gasteiger partial charge on any atom is -0.307 e. The quantitative estimate of drug-likeness (QED) is 0.460. The van der Waals surface area contributed by atoms with E-state index >= 15 is 0 Å². The molecule has 0 aliphatic carbocycles. The summed E-state index contributed by atoms with van der Waals surface area (Å²) < 4.78 is 55.8. The Bertz CT molecular complexity index is 1120. The van der Waals surface area contributed by atoms with Crippen molar-refractivity contribution in [3.05, 3.63) is 80.8 Å². The van der Waals surface area contributed by atoms with Gasteiger partial charge >= 0.3 is 6.18 Å². The lowest BCUT2D eigenvalue weighted by Crippen LogP contribution is -2.59. The monoisotopic (exact) mass is 458 g/mol. The zero-order valence-corrected chi connectivity index (χ0v) is 16.5. The van der Waals surface area contributed by atoms with E-state index in [1.54, 1.807) is 18.3 Å². The number of rotatable bonds is 3. The van der Waals surface area contributed by atoms with E-state index in [9.17, 15) is 27.6 Å². The molecule has 0 amide bonds. The second kappa shape index (κ2) is 7.69. The molecule has 0 fully saturated rings. The van der Waals surface area contributed by atoms with Gasteiger partial charge in [0.1, 0.15) is 11.9 Å². The molecule has 3 heterocycles. The average Bonchev–Trinajstić information content (AvgIpc) is 3.10. The Labute approximate surface area is 176 Å². The molecule has 30 heavy (non-hydrogen) atoms. The molecule has 2 atom stereocenters. The number of hydroxylamine groups is 2. The number of fused-ring (bicyclic) bond motifs is 1. The number of benzene rings is 1. The van der Waals surface area contributed by atoms with Crippen LogP contribution in [-0.4, -0.2) is 21.0 Å². The molecule has 5 nitrogen and oxygen atoms in total. The Hall–Kier alpha value is -2.40. The van der Waals surface area contributed by atoms with Crippen LogP contribution in [0.5, 0.6) is 0 Å². The number of alkyl halides is 3. The minimum atomic E-state index is -4.73. The topological polar surface area (TPSA) is 57.3 Å². The lowest BCUT2D eigenvalue weighted by molar-refractivity contribution is -0.764. The molecule has 0 spiro atoms. The van der Waals surface area contributed by atoms with Crippen LogP contribution in [0, 0.1) is 5.82 Å². The molecule has 0 saturated heterocycles. The molecule has 0 radical (unpaired) electrons. The Morgan fingerprint density at radius 2 is 2.03 bits per heavy atom. The molecular weight excluding hydrogens is 446 g/mol. The number of Topliss-reactive ketones (excluding diaryl/α,β-unsaturated/α-hetero) is 1. The molecule has 3 aromatic rings. The first kappa shape index (κ1) is 20.9. The molecule has 1 aliphatic rings. The van der Waals surface area contributed by atoms with Crippen LogP contribution >= 0.6 is 22.9 Å². The smallest absolute Gasteiger partial charge is 0.307 e. The summed E-state index contributed by atoms with van der Waals surface area (Å²) in [5.41, 5.74) is -1.54. The number of carbonyl (C=O) groups is 1. The average molecular weight is 459 g/mol. The highest BCUT2D eigenvalue weighted by atomic mass is 35.5. The number of nitrogens with zero attached hydrogens (tertiary/aromatic N) is 3. The predicted octanol–water partition coefficient (Wildman–Crippen LogP) is 4.61. The summed E-state index contributed by atoms with van der Waals surface area (Å²) in [6, 6.07) is 4.83. The van der Waals surface area contributed by atoms with Gasteiger partial charge in [-0.1, -0.05) is 11.6 Å². The third-order valence-electron chi connectivity index (χ3n) is 4.81.